The zero-order valence-electron chi connectivity index (χ0n) is 11.5. The van der Waals surface area contributed by atoms with Gasteiger partial charge in [-0.1, -0.05) is 6.92 Å². The molecule has 0 amide bonds. The molecule has 0 spiro atoms. The molecular weight excluding hydrogens is 256 g/mol. The molecule has 4 heteroatoms. The minimum Gasteiger partial charge on any atom is -0.388 e. The van der Waals surface area contributed by atoms with E-state index in [2.05, 4.69) is 35.7 Å². The van der Waals surface area contributed by atoms with Gasteiger partial charge in [-0.15, -0.1) is 11.3 Å². The van der Waals surface area contributed by atoms with Gasteiger partial charge >= 0.3 is 0 Å². The molecule has 102 valence electrons. The second kappa shape index (κ2) is 5.10. The predicted molar refractivity (Wildman–Crippen MR) is 77.6 cm³/mol. The van der Waals surface area contributed by atoms with E-state index in [-0.39, 0.29) is 12.1 Å². The molecule has 1 N–H and O–H groups in total. The fourth-order valence-electron chi connectivity index (χ4n) is 2.85. The van der Waals surface area contributed by atoms with Crippen LogP contribution in [0, 0.1) is 0 Å². The van der Waals surface area contributed by atoms with Crippen LogP contribution < -0.4 is 0 Å². The molecular formula is C15H20N2OS. The normalized spacial score (nSPS) is 20.3. The monoisotopic (exact) mass is 276 g/mol. The minimum absolute atomic E-state index is 0.263. The Balaban J connectivity index is 1.93. The first-order chi connectivity index (χ1) is 9.20. The number of rotatable bonds is 3. The summed E-state index contributed by atoms with van der Waals surface area (Å²) in [6.45, 7) is 4.36. The lowest BCUT2D eigenvalue weighted by atomic mass is 9.95. The number of nitrogens with zero attached hydrogens (tertiary/aromatic N) is 2. The quantitative estimate of drug-likeness (QED) is 0.932. The van der Waals surface area contributed by atoms with Crippen molar-refractivity contribution in [2.24, 2.45) is 0 Å². The molecule has 0 bridgehead atoms. The summed E-state index contributed by atoms with van der Waals surface area (Å²) < 4.78 is 2.29. The Morgan fingerprint density at radius 2 is 2.42 bits per heavy atom. The van der Waals surface area contributed by atoms with Gasteiger partial charge in [-0.05, 0) is 38.7 Å². The van der Waals surface area contributed by atoms with E-state index < -0.39 is 0 Å². The highest BCUT2D eigenvalue weighted by Gasteiger charge is 2.24. The maximum absolute atomic E-state index is 10.0. The van der Waals surface area contributed by atoms with Crippen LogP contribution in [-0.2, 0) is 12.8 Å². The van der Waals surface area contributed by atoms with Crippen molar-refractivity contribution in [1.82, 2.24) is 9.55 Å². The van der Waals surface area contributed by atoms with Crippen LogP contribution in [0.15, 0.2) is 18.5 Å². The molecule has 0 saturated carbocycles. The number of aliphatic hydroxyl groups excluding tert-OH is 1. The first-order valence-electron chi connectivity index (χ1n) is 7.03. The van der Waals surface area contributed by atoms with E-state index in [0.717, 1.165) is 36.3 Å². The molecule has 3 nitrogen and oxygen atoms in total. The highest BCUT2D eigenvalue weighted by molar-refractivity contribution is 7.11. The molecule has 0 saturated heterocycles. The van der Waals surface area contributed by atoms with E-state index >= 15 is 0 Å². The smallest absolute Gasteiger partial charge is 0.115 e. The first kappa shape index (κ1) is 12.9. The lowest BCUT2D eigenvalue weighted by molar-refractivity contribution is 0.155. The summed E-state index contributed by atoms with van der Waals surface area (Å²) in [6.07, 6.45) is 7.89. The highest BCUT2D eigenvalue weighted by atomic mass is 32.1. The van der Waals surface area contributed by atoms with Gasteiger partial charge in [-0.3, -0.25) is 0 Å². The lowest BCUT2D eigenvalue weighted by Crippen LogP contribution is -2.14. The largest absolute Gasteiger partial charge is 0.388 e. The standard InChI is InChI=1S/C15H20N2OS/c1-3-11-9-16-15(19-11)10(2)17-8-7-12-13(17)5-4-6-14(12)18/h7-10,14,18H,3-6H2,1-2H3. The molecule has 1 aliphatic carbocycles. The molecule has 0 aliphatic heterocycles. The zero-order chi connectivity index (χ0) is 13.4. The van der Waals surface area contributed by atoms with E-state index in [0.29, 0.717) is 0 Å². The Labute approximate surface area is 117 Å². The molecule has 2 unspecified atom stereocenters. The van der Waals surface area contributed by atoms with Crippen LogP contribution in [0.4, 0.5) is 0 Å². The predicted octanol–water partition coefficient (Wildman–Crippen LogP) is 3.49. The Hall–Kier alpha value is -1.13. The summed E-state index contributed by atoms with van der Waals surface area (Å²) in [5.74, 6) is 0. The number of aryl methyl sites for hydroxylation is 1. The number of thiazole rings is 1. The van der Waals surface area contributed by atoms with Gasteiger partial charge in [0.25, 0.3) is 0 Å². The number of aliphatic hydroxyl groups is 1. The molecule has 1 aliphatic rings. The summed E-state index contributed by atoms with van der Waals surface area (Å²) >= 11 is 1.80. The molecule has 0 aromatic carbocycles. The third-order valence-corrected chi connectivity index (χ3v) is 5.32. The second-order valence-electron chi connectivity index (χ2n) is 5.23. The van der Waals surface area contributed by atoms with Crippen molar-refractivity contribution in [2.75, 3.05) is 0 Å². The molecule has 2 aromatic rings. The zero-order valence-corrected chi connectivity index (χ0v) is 12.3. The van der Waals surface area contributed by atoms with Crippen LogP contribution in [0.3, 0.4) is 0 Å². The van der Waals surface area contributed by atoms with Crippen molar-refractivity contribution < 1.29 is 5.11 Å². The number of hydrogen-bond donors (Lipinski definition) is 1. The fraction of sp³-hybridized carbons (Fsp3) is 0.533. The summed E-state index contributed by atoms with van der Waals surface area (Å²) in [7, 11) is 0. The SMILES string of the molecule is CCc1cnc(C(C)n2ccc3c2CCCC3O)s1. The van der Waals surface area contributed by atoms with Gasteiger partial charge in [0.15, 0.2) is 0 Å². The summed E-state index contributed by atoms with van der Waals surface area (Å²) in [5.41, 5.74) is 2.41. The average molecular weight is 276 g/mol. The topological polar surface area (TPSA) is 38.0 Å². The molecule has 0 radical (unpaired) electrons. The summed E-state index contributed by atoms with van der Waals surface area (Å²) in [6, 6.07) is 2.34. The molecule has 2 atom stereocenters. The van der Waals surface area contributed by atoms with Crippen molar-refractivity contribution in [1.29, 1.82) is 0 Å². The van der Waals surface area contributed by atoms with E-state index in [1.165, 1.54) is 10.6 Å². The van der Waals surface area contributed by atoms with Gasteiger partial charge in [-0.2, -0.15) is 0 Å². The Morgan fingerprint density at radius 1 is 1.58 bits per heavy atom. The minimum atomic E-state index is -0.278. The van der Waals surface area contributed by atoms with Gasteiger partial charge in [0.2, 0.25) is 0 Å². The van der Waals surface area contributed by atoms with E-state index in [9.17, 15) is 5.11 Å². The van der Waals surface area contributed by atoms with Crippen LogP contribution in [-0.4, -0.2) is 14.7 Å². The van der Waals surface area contributed by atoms with E-state index in [4.69, 9.17) is 0 Å². The van der Waals surface area contributed by atoms with Gasteiger partial charge < -0.3 is 9.67 Å². The molecule has 19 heavy (non-hydrogen) atoms. The van der Waals surface area contributed by atoms with Crippen LogP contribution in [0.5, 0.6) is 0 Å². The molecule has 2 aromatic heterocycles. The fourth-order valence-corrected chi connectivity index (χ4v) is 3.76. The molecule has 3 rings (SSSR count). The summed E-state index contributed by atoms with van der Waals surface area (Å²) in [5, 5.41) is 11.2. The lowest BCUT2D eigenvalue weighted by Gasteiger charge is -2.22. The number of fused-ring (bicyclic) bond motifs is 1. The van der Waals surface area contributed by atoms with E-state index in [1.807, 2.05) is 6.20 Å². The van der Waals surface area contributed by atoms with Gasteiger partial charge in [0.1, 0.15) is 5.01 Å². The second-order valence-corrected chi connectivity index (χ2v) is 6.37. The Bertz CT molecular complexity index is 572. The van der Waals surface area contributed by atoms with Crippen molar-refractivity contribution in [3.63, 3.8) is 0 Å². The maximum Gasteiger partial charge on any atom is 0.115 e. The van der Waals surface area contributed by atoms with E-state index in [1.54, 1.807) is 11.3 Å². The maximum atomic E-state index is 10.0. The van der Waals surface area contributed by atoms with Crippen LogP contribution in [0.1, 0.15) is 60.0 Å². The molecule has 0 fully saturated rings. The van der Waals surface area contributed by atoms with Crippen LogP contribution in [0.25, 0.3) is 0 Å². The number of aromatic nitrogens is 2. The van der Waals surface area contributed by atoms with Crippen LogP contribution >= 0.6 is 11.3 Å². The van der Waals surface area contributed by atoms with Crippen molar-refractivity contribution in [2.45, 2.75) is 51.7 Å². The summed E-state index contributed by atoms with van der Waals surface area (Å²) in [4.78, 5) is 5.88. The Kier molecular flexibility index (Phi) is 3.46. The molecule has 2 heterocycles. The first-order valence-corrected chi connectivity index (χ1v) is 7.84. The Morgan fingerprint density at radius 3 is 3.16 bits per heavy atom. The van der Waals surface area contributed by atoms with Gasteiger partial charge in [-0.25, -0.2) is 4.98 Å². The highest BCUT2D eigenvalue weighted by Crippen LogP contribution is 2.34. The van der Waals surface area contributed by atoms with Crippen molar-refractivity contribution >= 4 is 11.3 Å². The van der Waals surface area contributed by atoms with Gasteiger partial charge in [0.05, 0.1) is 12.1 Å². The number of hydrogen-bond acceptors (Lipinski definition) is 3. The third-order valence-electron chi connectivity index (χ3n) is 4.00. The average Bonchev–Trinajstić information content (AvgIpc) is 3.05. The van der Waals surface area contributed by atoms with Crippen molar-refractivity contribution in [3.05, 3.63) is 39.6 Å². The van der Waals surface area contributed by atoms with Gasteiger partial charge in [0, 0.05) is 28.5 Å². The van der Waals surface area contributed by atoms with Crippen LogP contribution in [0.2, 0.25) is 0 Å². The van der Waals surface area contributed by atoms with Crippen molar-refractivity contribution in [3.8, 4) is 0 Å². The third kappa shape index (κ3) is 2.23.